The highest BCUT2D eigenvalue weighted by atomic mass is 16.5. The third-order valence-electron chi connectivity index (χ3n) is 6.13. The lowest BCUT2D eigenvalue weighted by Crippen LogP contribution is -2.27. The van der Waals surface area contributed by atoms with E-state index in [1.54, 1.807) is 19.2 Å². The Morgan fingerprint density at radius 2 is 1.51 bits per heavy atom. The van der Waals surface area contributed by atoms with Crippen LogP contribution in [-0.4, -0.2) is 73.5 Å². The molecule has 1 heterocycles. The Morgan fingerprint density at radius 1 is 0.854 bits per heavy atom. The SMILES string of the molecule is CCC(CC)Nc1nc(NCc2ccc(OC)cc2)nc(Nc2ccc(C(=O)NCCOCCOCCN)cc2)n1. The van der Waals surface area contributed by atoms with Crippen LogP contribution in [0.4, 0.5) is 23.5 Å². The average Bonchev–Trinajstić information content (AvgIpc) is 3.00. The molecule has 3 rings (SSSR count). The highest BCUT2D eigenvalue weighted by Gasteiger charge is 2.12. The van der Waals surface area contributed by atoms with Crippen molar-refractivity contribution in [1.29, 1.82) is 0 Å². The minimum absolute atomic E-state index is 0.179. The molecule has 0 unspecified atom stereocenters. The molecule has 1 aromatic heterocycles. The van der Waals surface area contributed by atoms with Gasteiger partial charge in [0.1, 0.15) is 5.75 Å². The first-order valence-electron chi connectivity index (χ1n) is 13.9. The van der Waals surface area contributed by atoms with Crippen molar-refractivity contribution in [2.24, 2.45) is 5.73 Å². The van der Waals surface area contributed by atoms with Gasteiger partial charge in [-0.3, -0.25) is 4.79 Å². The summed E-state index contributed by atoms with van der Waals surface area (Å²) in [6.07, 6.45) is 1.89. The molecule has 12 nitrogen and oxygen atoms in total. The molecule has 2 aromatic carbocycles. The number of ether oxygens (including phenoxy) is 3. The predicted molar refractivity (Wildman–Crippen MR) is 161 cm³/mol. The van der Waals surface area contributed by atoms with Crippen LogP contribution in [0.1, 0.15) is 42.6 Å². The van der Waals surface area contributed by atoms with E-state index in [-0.39, 0.29) is 11.9 Å². The van der Waals surface area contributed by atoms with Gasteiger partial charge in [-0.15, -0.1) is 0 Å². The lowest BCUT2D eigenvalue weighted by molar-refractivity contribution is 0.0511. The smallest absolute Gasteiger partial charge is 0.251 e. The number of carbonyl (C=O) groups excluding carboxylic acids is 1. The van der Waals surface area contributed by atoms with E-state index in [0.29, 0.717) is 69.5 Å². The van der Waals surface area contributed by atoms with Gasteiger partial charge in [-0.2, -0.15) is 15.0 Å². The Labute approximate surface area is 241 Å². The van der Waals surface area contributed by atoms with E-state index in [1.807, 2.05) is 36.4 Å². The van der Waals surface area contributed by atoms with Gasteiger partial charge in [0.05, 0.1) is 33.5 Å². The summed E-state index contributed by atoms with van der Waals surface area (Å²) in [6, 6.07) is 15.1. The number of rotatable bonds is 19. The van der Waals surface area contributed by atoms with Crippen LogP contribution >= 0.6 is 0 Å². The van der Waals surface area contributed by atoms with Crippen LogP contribution in [0, 0.1) is 0 Å². The number of hydrogen-bond donors (Lipinski definition) is 5. The predicted octanol–water partition coefficient (Wildman–Crippen LogP) is 3.56. The van der Waals surface area contributed by atoms with E-state index in [1.165, 1.54) is 0 Å². The van der Waals surface area contributed by atoms with Gasteiger partial charge < -0.3 is 41.2 Å². The number of nitrogens with one attached hydrogen (secondary N) is 4. The van der Waals surface area contributed by atoms with Crippen LogP contribution in [0.5, 0.6) is 5.75 Å². The van der Waals surface area contributed by atoms with E-state index in [2.05, 4.69) is 50.1 Å². The van der Waals surface area contributed by atoms with Crippen molar-refractivity contribution in [3.63, 3.8) is 0 Å². The summed E-state index contributed by atoms with van der Waals surface area (Å²) in [4.78, 5) is 26.2. The summed E-state index contributed by atoms with van der Waals surface area (Å²) >= 11 is 0. The van der Waals surface area contributed by atoms with Gasteiger partial charge in [0, 0.05) is 36.9 Å². The molecule has 41 heavy (non-hydrogen) atoms. The molecule has 0 fully saturated rings. The minimum atomic E-state index is -0.179. The Morgan fingerprint density at radius 3 is 2.17 bits per heavy atom. The first kappa shape index (κ1) is 31.5. The normalized spacial score (nSPS) is 10.9. The Balaban J connectivity index is 1.59. The standard InChI is InChI=1S/C29H42N8O4/c1-4-23(5-2)33-28-35-27(32-20-21-6-12-25(39-3)13-7-21)36-29(37-28)34-24-10-8-22(9-11-24)26(38)31-15-17-41-19-18-40-16-14-30/h6-13,23H,4-5,14-20,30H2,1-3H3,(H,31,38)(H3,32,33,34,35,36,37). The number of methoxy groups -OCH3 is 1. The van der Waals surface area contributed by atoms with Crippen molar-refractivity contribution in [3.05, 3.63) is 59.7 Å². The molecule has 0 atom stereocenters. The molecule has 222 valence electrons. The second-order valence-electron chi connectivity index (χ2n) is 9.14. The summed E-state index contributed by atoms with van der Waals surface area (Å²) in [5.41, 5.74) is 7.71. The molecule has 1 amide bonds. The van der Waals surface area contributed by atoms with Crippen molar-refractivity contribution in [1.82, 2.24) is 20.3 Å². The molecule has 12 heteroatoms. The van der Waals surface area contributed by atoms with Gasteiger partial charge in [-0.25, -0.2) is 0 Å². The number of anilines is 4. The highest BCUT2D eigenvalue weighted by Crippen LogP contribution is 2.19. The number of benzene rings is 2. The lowest BCUT2D eigenvalue weighted by Gasteiger charge is -2.16. The topological polar surface area (TPSA) is 158 Å². The Bertz CT molecular complexity index is 1170. The Kier molecular flexibility index (Phi) is 13.6. The fourth-order valence-corrected chi connectivity index (χ4v) is 3.75. The number of aromatic nitrogens is 3. The molecular formula is C29H42N8O4. The van der Waals surface area contributed by atoms with Gasteiger partial charge in [0.2, 0.25) is 17.8 Å². The van der Waals surface area contributed by atoms with E-state index < -0.39 is 0 Å². The zero-order chi connectivity index (χ0) is 29.3. The third-order valence-corrected chi connectivity index (χ3v) is 6.13. The number of carbonyl (C=O) groups is 1. The van der Waals surface area contributed by atoms with E-state index in [0.717, 1.165) is 29.8 Å². The molecule has 0 saturated heterocycles. The van der Waals surface area contributed by atoms with Gasteiger partial charge >= 0.3 is 0 Å². The van der Waals surface area contributed by atoms with Crippen LogP contribution in [-0.2, 0) is 16.0 Å². The van der Waals surface area contributed by atoms with Crippen molar-refractivity contribution >= 4 is 29.4 Å². The summed E-state index contributed by atoms with van der Waals surface area (Å²) in [6.45, 7) is 7.52. The quantitative estimate of drug-likeness (QED) is 0.135. The van der Waals surface area contributed by atoms with Crippen LogP contribution < -0.4 is 31.7 Å². The fourth-order valence-electron chi connectivity index (χ4n) is 3.75. The maximum atomic E-state index is 12.5. The third kappa shape index (κ3) is 11.2. The average molecular weight is 567 g/mol. The molecule has 0 aliphatic rings. The number of hydrogen-bond acceptors (Lipinski definition) is 11. The summed E-state index contributed by atoms with van der Waals surface area (Å²) in [7, 11) is 1.64. The largest absolute Gasteiger partial charge is 0.497 e. The van der Waals surface area contributed by atoms with Gasteiger partial charge in [-0.05, 0) is 54.8 Å². The Hall–Kier alpha value is -4.00. The molecule has 6 N–H and O–H groups in total. The number of amides is 1. The fraction of sp³-hybridized carbons (Fsp3) is 0.448. The molecule has 0 aliphatic carbocycles. The molecule has 0 saturated carbocycles. The molecule has 3 aromatic rings. The highest BCUT2D eigenvalue weighted by molar-refractivity contribution is 5.94. The summed E-state index contributed by atoms with van der Waals surface area (Å²) in [5.74, 6) is 1.93. The van der Waals surface area contributed by atoms with Gasteiger partial charge in [0.25, 0.3) is 5.91 Å². The summed E-state index contributed by atoms with van der Waals surface area (Å²) in [5, 5.41) is 12.7. The van der Waals surface area contributed by atoms with Crippen molar-refractivity contribution in [3.8, 4) is 5.75 Å². The van der Waals surface area contributed by atoms with Crippen LogP contribution in [0.15, 0.2) is 48.5 Å². The van der Waals surface area contributed by atoms with E-state index in [4.69, 9.17) is 19.9 Å². The van der Waals surface area contributed by atoms with E-state index in [9.17, 15) is 4.79 Å². The number of nitrogens with zero attached hydrogens (tertiary/aromatic N) is 3. The first-order chi connectivity index (χ1) is 20.0. The summed E-state index contributed by atoms with van der Waals surface area (Å²) < 4.78 is 15.9. The first-order valence-corrected chi connectivity index (χ1v) is 13.9. The van der Waals surface area contributed by atoms with Gasteiger partial charge in [-0.1, -0.05) is 26.0 Å². The zero-order valence-electron chi connectivity index (χ0n) is 24.1. The monoisotopic (exact) mass is 566 g/mol. The maximum absolute atomic E-state index is 12.5. The molecule has 0 spiro atoms. The van der Waals surface area contributed by atoms with Crippen molar-refractivity contribution < 1.29 is 19.0 Å². The molecular weight excluding hydrogens is 524 g/mol. The van der Waals surface area contributed by atoms with Crippen LogP contribution in [0.2, 0.25) is 0 Å². The lowest BCUT2D eigenvalue weighted by atomic mass is 10.2. The molecule has 0 aliphatic heterocycles. The van der Waals surface area contributed by atoms with Crippen LogP contribution in [0.3, 0.4) is 0 Å². The van der Waals surface area contributed by atoms with E-state index >= 15 is 0 Å². The van der Waals surface area contributed by atoms with Gasteiger partial charge in [0.15, 0.2) is 0 Å². The van der Waals surface area contributed by atoms with Crippen molar-refractivity contribution in [2.45, 2.75) is 39.3 Å². The van der Waals surface area contributed by atoms with Crippen molar-refractivity contribution in [2.75, 3.05) is 62.6 Å². The second kappa shape index (κ2) is 17.6. The maximum Gasteiger partial charge on any atom is 0.251 e. The second-order valence-corrected chi connectivity index (χ2v) is 9.14. The molecule has 0 radical (unpaired) electrons. The minimum Gasteiger partial charge on any atom is -0.497 e. The molecule has 0 bridgehead atoms. The van der Waals surface area contributed by atoms with Crippen LogP contribution in [0.25, 0.3) is 0 Å². The zero-order valence-corrected chi connectivity index (χ0v) is 24.1. The number of nitrogens with two attached hydrogens (primary N) is 1.